The molecule has 0 aromatic carbocycles. The minimum atomic E-state index is -0.914. The zero-order valence-corrected chi connectivity index (χ0v) is 13.2. The molecule has 0 spiro atoms. The second-order valence-corrected chi connectivity index (χ2v) is 6.32. The maximum atomic E-state index is 12.6. The summed E-state index contributed by atoms with van der Waals surface area (Å²) < 4.78 is 3.85. The van der Waals surface area contributed by atoms with Gasteiger partial charge in [-0.05, 0) is 38.7 Å². The quantitative estimate of drug-likeness (QED) is 0.870. The van der Waals surface area contributed by atoms with E-state index >= 15 is 0 Å². The minimum Gasteiger partial charge on any atom is -0.481 e. The Kier molecular flexibility index (Phi) is 5.62. The van der Waals surface area contributed by atoms with Crippen LogP contribution in [0.4, 0.5) is 0 Å². The lowest BCUT2D eigenvalue weighted by molar-refractivity contribution is -0.137. The van der Waals surface area contributed by atoms with Gasteiger partial charge >= 0.3 is 5.97 Å². The lowest BCUT2D eigenvalue weighted by Crippen LogP contribution is -2.46. The molecule has 1 amide bonds. The van der Waals surface area contributed by atoms with Crippen LogP contribution in [0.25, 0.3) is 0 Å². The van der Waals surface area contributed by atoms with E-state index < -0.39 is 11.5 Å². The SMILES string of the molecule is CCCc1nnsc1C(=O)N(CCC(=O)O)C(C)(C)C. The summed E-state index contributed by atoms with van der Waals surface area (Å²) in [5.74, 6) is -1.10. The van der Waals surface area contributed by atoms with E-state index in [2.05, 4.69) is 9.59 Å². The summed E-state index contributed by atoms with van der Waals surface area (Å²) >= 11 is 1.08. The van der Waals surface area contributed by atoms with Crippen LogP contribution >= 0.6 is 11.5 Å². The maximum Gasteiger partial charge on any atom is 0.305 e. The Morgan fingerprint density at radius 3 is 2.50 bits per heavy atom. The molecule has 0 radical (unpaired) electrons. The molecule has 1 rings (SSSR count). The lowest BCUT2D eigenvalue weighted by atomic mass is 10.0. The summed E-state index contributed by atoms with van der Waals surface area (Å²) in [7, 11) is 0. The number of carbonyl (C=O) groups is 2. The van der Waals surface area contributed by atoms with E-state index in [0.717, 1.165) is 18.0 Å². The van der Waals surface area contributed by atoms with Gasteiger partial charge in [0.05, 0.1) is 12.1 Å². The van der Waals surface area contributed by atoms with Crippen LogP contribution in [0.2, 0.25) is 0 Å². The van der Waals surface area contributed by atoms with Crippen LogP contribution < -0.4 is 0 Å². The number of aromatic nitrogens is 2. The summed E-state index contributed by atoms with van der Waals surface area (Å²) in [6, 6.07) is 0. The van der Waals surface area contributed by atoms with Crippen LogP contribution in [-0.4, -0.2) is 43.6 Å². The Hall–Kier alpha value is -1.50. The highest BCUT2D eigenvalue weighted by molar-refractivity contribution is 7.08. The number of aryl methyl sites for hydroxylation is 1. The molecule has 0 unspecified atom stereocenters. The van der Waals surface area contributed by atoms with E-state index in [1.54, 1.807) is 4.90 Å². The highest BCUT2D eigenvalue weighted by Gasteiger charge is 2.30. The first-order valence-corrected chi connectivity index (χ1v) is 7.39. The van der Waals surface area contributed by atoms with Crippen molar-refractivity contribution in [1.29, 1.82) is 0 Å². The number of hydrogen-bond donors (Lipinski definition) is 1. The van der Waals surface area contributed by atoms with Crippen LogP contribution in [0.3, 0.4) is 0 Å². The third-order valence-electron chi connectivity index (χ3n) is 2.84. The Labute approximate surface area is 123 Å². The topological polar surface area (TPSA) is 83.4 Å². The molecule has 0 saturated heterocycles. The molecule has 0 saturated carbocycles. The molecule has 1 aromatic heterocycles. The zero-order chi connectivity index (χ0) is 15.3. The van der Waals surface area contributed by atoms with E-state index in [0.29, 0.717) is 17.0 Å². The number of amides is 1. The van der Waals surface area contributed by atoms with Crippen molar-refractivity contribution in [3.8, 4) is 0 Å². The number of aliphatic carboxylic acids is 1. The maximum absolute atomic E-state index is 12.6. The van der Waals surface area contributed by atoms with E-state index in [1.165, 1.54) is 0 Å². The highest BCUT2D eigenvalue weighted by atomic mass is 32.1. The first-order valence-electron chi connectivity index (χ1n) is 6.62. The molecule has 1 N–H and O–H groups in total. The van der Waals surface area contributed by atoms with Gasteiger partial charge in [-0.3, -0.25) is 9.59 Å². The van der Waals surface area contributed by atoms with E-state index in [-0.39, 0.29) is 18.9 Å². The van der Waals surface area contributed by atoms with Gasteiger partial charge in [0.25, 0.3) is 5.91 Å². The number of carboxylic acids is 1. The smallest absolute Gasteiger partial charge is 0.305 e. The Balaban J connectivity index is 2.98. The number of nitrogens with zero attached hydrogens (tertiary/aromatic N) is 3. The largest absolute Gasteiger partial charge is 0.481 e. The average Bonchev–Trinajstić information content (AvgIpc) is 2.75. The Bertz CT molecular complexity index is 479. The molecule has 7 heteroatoms. The highest BCUT2D eigenvalue weighted by Crippen LogP contribution is 2.22. The molecule has 112 valence electrons. The fraction of sp³-hybridized carbons (Fsp3) is 0.692. The van der Waals surface area contributed by atoms with Crippen LogP contribution in [0.15, 0.2) is 0 Å². The number of carboxylic acid groups (broad SMARTS) is 1. The normalized spacial score (nSPS) is 11.4. The van der Waals surface area contributed by atoms with E-state index in [1.807, 2.05) is 27.7 Å². The van der Waals surface area contributed by atoms with Gasteiger partial charge in [0.15, 0.2) is 0 Å². The standard InChI is InChI=1S/C13H21N3O3S/c1-5-6-9-11(20-15-14-9)12(19)16(13(2,3)4)8-7-10(17)18/h5-8H2,1-4H3,(H,17,18). The van der Waals surface area contributed by atoms with Gasteiger partial charge in [-0.25, -0.2) is 0 Å². The molecule has 1 aromatic rings. The summed E-state index contributed by atoms with van der Waals surface area (Å²) in [5.41, 5.74) is 0.257. The van der Waals surface area contributed by atoms with Crippen LogP contribution in [0.5, 0.6) is 0 Å². The van der Waals surface area contributed by atoms with Crippen LogP contribution in [0, 0.1) is 0 Å². The molecule has 0 aliphatic heterocycles. The second-order valence-electron chi connectivity index (χ2n) is 5.57. The third-order valence-corrected chi connectivity index (χ3v) is 3.60. The van der Waals surface area contributed by atoms with Crippen LogP contribution in [-0.2, 0) is 11.2 Å². The summed E-state index contributed by atoms with van der Waals surface area (Å²) in [5, 5.41) is 12.8. The first kappa shape index (κ1) is 16.6. The van der Waals surface area contributed by atoms with Crippen molar-refractivity contribution < 1.29 is 14.7 Å². The molecular weight excluding hydrogens is 278 g/mol. The average molecular weight is 299 g/mol. The summed E-state index contributed by atoms with van der Waals surface area (Å²) in [4.78, 5) is 25.5. The monoisotopic (exact) mass is 299 g/mol. The van der Waals surface area contributed by atoms with Gasteiger partial charge in [0.1, 0.15) is 4.88 Å². The van der Waals surface area contributed by atoms with Gasteiger partial charge in [-0.15, -0.1) is 5.10 Å². The van der Waals surface area contributed by atoms with Crippen molar-refractivity contribution in [3.63, 3.8) is 0 Å². The predicted octanol–water partition coefficient (Wildman–Crippen LogP) is 2.21. The molecular formula is C13H21N3O3S. The molecule has 0 aliphatic rings. The fourth-order valence-electron chi connectivity index (χ4n) is 1.84. The van der Waals surface area contributed by atoms with Crippen molar-refractivity contribution in [1.82, 2.24) is 14.5 Å². The molecule has 0 fully saturated rings. The zero-order valence-electron chi connectivity index (χ0n) is 12.3. The minimum absolute atomic E-state index is 0.0711. The molecule has 20 heavy (non-hydrogen) atoms. The van der Waals surface area contributed by atoms with Gasteiger partial charge < -0.3 is 10.0 Å². The molecule has 6 nitrogen and oxygen atoms in total. The van der Waals surface area contributed by atoms with Gasteiger partial charge in [-0.2, -0.15) is 0 Å². The first-order chi connectivity index (χ1) is 9.27. The van der Waals surface area contributed by atoms with Crippen molar-refractivity contribution >= 4 is 23.4 Å². The summed E-state index contributed by atoms with van der Waals surface area (Å²) in [6.07, 6.45) is 1.52. The number of carbonyl (C=O) groups excluding carboxylic acids is 1. The van der Waals surface area contributed by atoms with E-state index in [4.69, 9.17) is 5.11 Å². The lowest BCUT2D eigenvalue weighted by Gasteiger charge is -2.35. The second kappa shape index (κ2) is 6.78. The van der Waals surface area contributed by atoms with Crippen LogP contribution in [0.1, 0.15) is 55.9 Å². The third kappa shape index (κ3) is 4.26. The Morgan fingerprint density at radius 1 is 1.35 bits per heavy atom. The molecule has 0 aliphatic carbocycles. The molecule has 0 bridgehead atoms. The predicted molar refractivity (Wildman–Crippen MR) is 76.9 cm³/mol. The molecule has 1 heterocycles. The van der Waals surface area contributed by atoms with Crippen molar-refractivity contribution in [2.24, 2.45) is 0 Å². The van der Waals surface area contributed by atoms with Crippen molar-refractivity contribution in [3.05, 3.63) is 10.6 Å². The van der Waals surface area contributed by atoms with Gasteiger partial charge in [-0.1, -0.05) is 17.8 Å². The fourth-order valence-corrected chi connectivity index (χ4v) is 2.50. The van der Waals surface area contributed by atoms with Gasteiger partial charge in [0.2, 0.25) is 0 Å². The summed E-state index contributed by atoms with van der Waals surface area (Å²) in [6.45, 7) is 7.86. The van der Waals surface area contributed by atoms with E-state index in [9.17, 15) is 9.59 Å². The van der Waals surface area contributed by atoms with Crippen molar-refractivity contribution in [2.45, 2.75) is 52.5 Å². The number of hydrogen-bond acceptors (Lipinski definition) is 5. The van der Waals surface area contributed by atoms with Gasteiger partial charge in [0, 0.05) is 12.1 Å². The van der Waals surface area contributed by atoms with Crippen molar-refractivity contribution in [2.75, 3.05) is 6.54 Å². The Morgan fingerprint density at radius 2 is 2.00 bits per heavy atom. The number of rotatable bonds is 6. The molecule has 0 atom stereocenters.